The highest BCUT2D eigenvalue weighted by molar-refractivity contribution is 5.88. The van der Waals surface area contributed by atoms with Crippen molar-refractivity contribution in [2.75, 3.05) is 13.2 Å². The van der Waals surface area contributed by atoms with Crippen LogP contribution in [0.25, 0.3) is 0 Å². The van der Waals surface area contributed by atoms with Crippen LogP contribution in [0.15, 0.2) is 18.2 Å². The van der Waals surface area contributed by atoms with E-state index in [1.807, 2.05) is 0 Å². The predicted octanol–water partition coefficient (Wildman–Crippen LogP) is 5.00. The molecule has 0 saturated carbocycles. The Morgan fingerprint density at radius 2 is 1.41 bits per heavy atom. The molecule has 0 amide bonds. The van der Waals surface area contributed by atoms with Crippen molar-refractivity contribution in [3.63, 3.8) is 0 Å². The Labute approximate surface area is 161 Å². The molecule has 2 unspecified atom stereocenters. The van der Waals surface area contributed by atoms with Gasteiger partial charge in [0, 0.05) is 18.9 Å². The summed E-state index contributed by atoms with van der Waals surface area (Å²) >= 11 is 0. The van der Waals surface area contributed by atoms with Gasteiger partial charge in [-0.15, -0.1) is 0 Å². The van der Waals surface area contributed by atoms with E-state index < -0.39 is 5.97 Å². The van der Waals surface area contributed by atoms with Gasteiger partial charge in [0.1, 0.15) is 11.5 Å². The molecule has 3 rings (SSSR count). The van der Waals surface area contributed by atoms with E-state index in [1.54, 1.807) is 6.07 Å². The molecule has 2 saturated heterocycles. The maximum atomic E-state index is 11.3. The highest BCUT2D eigenvalue weighted by Gasteiger charge is 2.19. The third kappa shape index (κ3) is 7.77. The van der Waals surface area contributed by atoms with E-state index in [4.69, 9.17) is 18.9 Å². The van der Waals surface area contributed by atoms with Gasteiger partial charge in [-0.05, 0) is 37.8 Å². The Kier molecular flexibility index (Phi) is 9.42. The van der Waals surface area contributed by atoms with E-state index in [0.29, 0.717) is 24.7 Å². The van der Waals surface area contributed by atoms with Gasteiger partial charge in [0.25, 0.3) is 0 Å². The molecule has 0 bridgehead atoms. The van der Waals surface area contributed by atoms with Crippen LogP contribution in [0.2, 0.25) is 0 Å². The first kappa shape index (κ1) is 21.5. The second-order valence-electron chi connectivity index (χ2n) is 6.83. The van der Waals surface area contributed by atoms with Gasteiger partial charge in [-0.1, -0.05) is 26.7 Å². The van der Waals surface area contributed by atoms with E-state index in [1.165, 1.54) is 25.0 Å². The van der Waals surface area contributed by atoms with Crippen LogP contribution in [0.4, 0.5) is 0 Å². The molecule has 6 heteroatoms. The maximum Gasteiger partial charge on any atom is 0.335 e. The molecule has 27 heavy (non-hydrogen) atoms. The zero-order valence-electron chi connectivity index (χ0n) is 16.4. The fourth-order valence-electron chi connectivity index (χ4n) is 2.74. The Hall–Kier alpha value is -1.79. The predicted molar refractivity (Wildman–Crippen MR) is 102 cm³/mol. The van der Waals surface area contributed by atoms with Gasteiger partial charge in [0.2, 0.25) is 0 Å². The summed E-state index contributed by atoms with van der Waals surface area (Å²) in [5.74, 6) is -0.125. The number of benzene rings is 1. The number of unbranched alkanes of at least 4 members (excludes halogenated alkanes) is 1. The SMILES string of the molecule is CCCC.O=C(O)c1cc(OC2CCCCO2)cc(OC2CCCCO2)c1. The molecule has 2 heterocycles. The Morgan fingerprint density at radius 3 is 1.74 bits per heavy atom. The van der Waals surface area contributed by atoms with Crippen molar-refractivity contribution >= 4 is 5.97 Å². The smallest absolute Gasteiger partial charge is 0.335 e. The van der Waals surface area contributed by atoms with Crippen molar-refractivity contribution in [1.29, 1.82) is 0 Å². The maximum absolute atomic E-state index is 11.3. The number of rotatable bonds is 6. The molecule has 152 valence electrons. The lowest BCUT2D eigenvalue weighted by Gasteiger charge is -2.25. The number of carbonyl (C=O) groups is 1. The van der Waals surface area contributed by atoms with Gasteiger partial charge in [-0.25, -0.2) is 4.79 Å². The highest BCUT2D eigenvalue weighted by Crippen LogP contribution is 2.28. The second-order valence-corrected chi connectivity index (χ2v) is 6.83. The van der Waals surface area contributed by atoms with Crippen molar-refractivity contribution in [3.05, 3.63) is 23.8 Å². The van der Waals surface area contributed by atoms with E-state index in [9.17, 15) is 9.90 Å². The van der Waals surface area contributed by atoms with Crippen LogP contribution in [0.3, 0.4) is 0 Å². The van der Waals surface area contributed by atoms with Crippen molar-refractivity contribution < 1.29 is 28.8 Å². The summed E-state index contributed by atoms with van der Waals surface area (Å²) in [5.41, 5.74) is 0.129. The first-order valence-corrected chi connectivity index (χ1v) is 10.1. The average molecular weight is 380 g/mol. The van der Waals surface area contributed by atoms with Crippen LogP contribution in [-0.2, 0) is 9.47 Å². The van der Waals surface area contributed by atoms with Gasteiger partial charge >= 0.3 is 5.97 Å². The summed E-state index contributed by atoms with van der Waals surface area (Å²) in [6.07, 6.45) is 7.74. The van der Waals surface area contributed by atoms with Gasteiger partial charge in [0.15, 0.2) is 12.6 Å². The molecule has 2 aliphatic rings. The third-order valence-electron chi connectivity index (χ3n) is 4.44. The molecule has 2 fully saturated rings. The summed E-state index contributed by atoms with van der Waals surface area (Å²) in [4.78, 5) is 11.3. The lowest BCUT2D eigenvalue weighted by molar-refractivity contribution is -0.109. The minimum absolute atomic E-state index is 0.129. The lowest BCUT2D eigenvalue weighted by atomic mass is 10.2. The van der Waals surface area contributed by atoms with Crippen LogP contribution >= 0.6 is 0 Å². The number of aromatic carboxylic acids is 1. The van der Waals surface area contributed by atoms with E-state index in [-0.39, 0.29) is 18.1 Å². The third-order valence-corrected chi connectivity index (χ3v) is 4.44. The normalized spacial score (nSPS) is 22.3. The van der Waals surface area contributed by atoms with Crippen molar-refractivity contribution in [2.45, 2.75) is 77.8 Å². The number of hydrogen-bond acceptors (Lipinski definition) is 5. The monoisotopic (exact) mass is 380 g/mol. The average Bonchev–Trinajstić information content (AvgIpc) is 2.69. The minimum atomic E-state index is -1.02. The minimum Gasteiger partial charge on any atom is -0.478 e. The van der Waals surface area contributed by atoms with Crippen LogP contribution in [-0.4, -0.2) is 36.9 Å². The fraction of sp³-hybridized carbons (Fsp3) is 0.667. The Balaban J connectivity index is 0.000000596. The first-order valence-electron chi connectivity index (χ1n) is 10.1. The largest absolute Gasteiger partial charge is 0.478 e. The van der Waals surface area contributed by atoms with Crippen molar-refractivity contribution in [1.82, 2.24) is 0 Å². The molecular formula is C21H32O6. The molecule has 2 aliphatic heterocycles. The molecule has 1 aromatic carbocycles. The van der Waals surface area contributed by atoms with Crippen LogP contribution < -0.4 is 9.47 Å². The first-order chi connectivity index (χ1) is 13.1. The van der Waals surface area contributed by atoms with Gasteiger partial charge in [0.05, 0.1) is 18.8 Å². The molecule has 0 radical (unpaired) electrons. The van der Waals surface area contributed by atoms with Crippen LogP contribution in [0, 0.1) is 0 Å². The van der Waals surface area contributed by atoms with E-state index in [0.717, 1.165) is 38.5 Å². The van der Waals surface area contributed by atoms with Gasteiger partial charge < -0.3 is 24.1 Å². The number of hydrogen-bond donors (Lipinski definition) is 1. The quantitative estimate of drug-likeness (QED) is 0.748. The standard InChI is InChI=1S/C17H22O6.C4H10/c18-17(19)12-9-13(22-15-5-1-3-7-20-15)11-14(10-12)23-16-6-2-4-8-21-16;1-3-4-2/h9-11,15-16H,1-8H2,(H,18,19);3-4H2,1-2H3. The molecule has 0 aromatic heterocycles. The molecule has 1 aromatic rings. The summed E-state index contributed by atoms with van der Waals surface area (Å²) in [6, 6.07) is 4.69. The van der Waals surface area contributed by atoms with Crippen LogP contribution in [0.5, 0.6) is 11.5 Å². The summed E-state index contributed by atoms with van der Waals surface area (Å²) in [7, 11) is 0. The van der Waals surface area contributed by atoms with Crippen molar-refractivity contribution in [2.24, 2.45) is 0 Å². The van der Waals surface area contributed by atoms with E-state index in [2.05, 4.69) is 13.8 Å². The summed E-state index contributed by atoms with van der Waals surface area (Å²) in [5, 5.41) is 9.27. The fourth-order valence-corrected chi connectivity index (χ4v) is 2.74. The second kappa shape index (κ2) is 11.8. The van der Waals surface area contributed by atoms with E-state index >= 15 is 0 Å². The molecule has 1 N–H and O–H groups in total. The molecule has 2 atom stereocenters. The zero-order valence-corrected chi connectivity index (χ0v) is 16.4. The Bertz CT molecular complexity index is 522. The topological polar surface area (TPSA) is 74.2 Å². The number of carboxylic acids is 1. The number of carboxylic acid groups (broad SMARTS) is 1. The molecule has 0 spiro atoms. The highest BCUT2D eigenvalue weighted by atomic mass is 16.7. The van der Waals surface area contributed by atoms with Crippen molar-refractivity contribution in [3.8, 4) is 11.5 Å². The zero-order chi connectivity index (χ0) is 19.5. The summed E-state index contributed by atoms with van der Waals surface area (Å²) in [6.45, 7) is 5.70. The Morgan fingerprint density at radius 1 is 0.926 bits per heavy atom. The number of ether oxygens (including phenoxy) is 4. The molecule has 0 aliphatic carbocycles. The molecule has 6 nitrogen and oxygen atoms in total. The van der Waals surface area contributed by atoms with Crippen LogP contribution in [0.1, 0.15) is 75.6 Å². The lowest BCUT2D eigenvalue weighted by Crippen LogP contribution is -2.26. The molecular weight excluding hydrogens is 348 g/mol. The summed E-state index contributed by atoms with van der Waals surface area (Å²) < 4.78 is 22.6. The van der Waals surface area contributed by atoms with Gasteiger partial charge in [-0.2, -0.15) is 0 Å². The van der Waals surface area contributed by atoms with Gasteiger partial charge in [-0.3, -0.25) is 0 Å².